The van der Waals surface area contributed by atoms with Gasteiger partial charge < -0.3 is 5.32 Å². The second-order valence-electron chi connectivity index (χ2n) is 7.25. The molecule has 1 aliphatic heterocycles. The molecule has 0 atom stereocenters. The lowest BCUT2D eigenvalue weighted by Gasteiger charge is -2.30. The zero-order valence-corrected chi connectivity index (χ0v) is 17.2. The summed E-state index contributed by atoms with van der Waals surface area (Å²) in [6.07, 6.45) is 1.56. The number of aryl methyl sites for hydroxylation is 2. The zero-order valence-electron chi connectivity index (χ0n) is 16.4. The summed E-state index contributed by atoms with van der Waals surface area (Å²) in [5.74, 6) is -0.962. The molecule has 1 heterocycles. The summed E-state index contributed by atoms with van der Waals surface area (Å²) >= 11 is 0. The van der Waals surface area contributed by atoms with Gasteiger partial charge in [0.05, 0.1) is 10.6 Å². The van der Waals surface area contributed by atoms with Crippen LogP contribution >= 0.6 is 0 Å². The molecule has 154 valence electrons. The molecule has 0 saturated heterocycles. The minimum Gasteiger partial charge on any atom is -0.322 e. The van der Waals surface area contributed by atoms with Gasteiger partial charge >= 0.3 is 0 Å². The molecule has 1 amide bonds. The highest BCUT2D eigenvalue weighted by molar-refractivity contribution is 7.92. The predicted octanol–water partition coefficient (Wildman–Crippen LogP) is 4.53. The van der Waals surface area contributed by atoms with Gasteiger partial charge in [0.25, 0.3) is 15.9 Å². The summed E-state index contributed by atoms with van der Waals surface area (Å²) in [4.78, 5) is 12.7. The third kappa shape index (κ3) is 3.80. The maximum Gasteiger partial charge on any atom is 0.264 e. The zero-order chi connectivity index (χ0) is 21.3. The van der Waals surface area contributed by atoms with Crippen molar-refractivity contribution in [2.45, 2.75) is 24.7 Å². The van der Waals surface area contributed by atoms with Crippen LogP contribution in [0.5, 0.6) is 0 Å². The number of sulfonamides is 1. The monoisotopic (exact) mass is 424 g/mol. The van der Waals surface area contributed by atoms with Crippen LogP contribution in [0.2, 0.25) is 0 Å². The SMILES string of the molecule is Cc1ccc(F)cc1NC(=O)c1cccc(S(=O)(=O)N2CCCc3ccccc32)c1. The molecule has 0 unspecified atom stereocenters. The smallest absolute Gasteiger partial charge is 0.264 e. The van der Waals surface area contributed by atoms with Crippen LogP contribution in [-0.4, -0.2) is 20.9 Å². The Labute approximate surface area is 175 Å². The number of rotatable bonds is 4. The second-order valence-corrected chi connectivity index (χ2v) is 9.11. The lowest BCUT2D eigenvalue weighted by atomic mass is 10.0. The van der Waals surface area contributed by atoms with Crippen molar-refractivity contribution in [3.05, 3.63) is 89.2 Å². The van der Waals surface area contributed by atoms with Gasteiger partial charge in [0.15, 0.2) is 0 Å². The van der Waals surface area contributed by atoms with Gasteiger partial charge in [0, 0.05) is 17.8 Å². The van der Waals surface area contributed by atoms with E-state index in [0.29, 0.717) is 23.5 Å². The molecule has 3 aromatic carbocycles. The summed E-state index contributed by atoms with van der Waals surface area (Å²) in [7, 11) is -3.83. The highest BCUT2D eigenvalue weighted by atomic mass is 32.2. The number of amides is 1. The number of para-hydroxylation sites is 1. The van der Waals surface area contributed by atoms with Crippen LogP contribution in [0, 0.1) is 12.7 Å². The van der Waals surface area contributed by atoms with Crippen LogP contribution in [0.15, 0.2) is 71.6 Å². The molecular weight excluding hydrogens is 403 g/mol. The summed E-state index contributed by atoms with van der Waals surface area (Å²) in [5.41, 5.74) is 2.90. The van der Waals surface area contributed by atoms with Crippen molar-refractivity contribution in [2.75, 3.05) is 16.2 Å². The van der Waals surface area contributed by atoms with E-state index in [1.165, 1.54) is 40.7 Å². The molecule has 3 aromatic rings. The van der Waals surface area contributed by atoms with Crippen molar-refractivity contribution in [1.29, 1.82) is 0 Å². The summed E-state index contributed by atoms with van der Waals surface area (Å²) in [6, 6.07) is 17.5. The fourth-order valence-electron chi connectivity index (χ4n) is 3.60. The minimum atomic E-state index is -3.83. The minimum absolute atomic E-state index is 0.0443. The second kappa shape index (κ2) is 7.91. The molecule has 1 N–H and O–H groups in total. The van der Waals surface area contributed by atoms with Gasteiger partial charge in [-0.15, -0.1) is 0 Å². The van der Waals surface area contributed by atoms with Crippen LogP contribution in [0.4, 0.5) is 15.8 Å². The highest BCUT2D eigenvalue weighted by Gasteiger charge is 2.29. The van der Waals surface area contributed by atoms with E-state index in [9.17, 15) is 17.6 Å². The number of nitrogens with zero attached hydrogens (tertiary/aromatic N) is 1. The van der Waals surface area contributed by atoms with Crippen molar-refractivity contribution >= 4 is 27.3 Å². The third-order valence-corrected chi connectivity index (χ3v) is 7.01. The van der Waals surface area contributed by atoms with Crippen LogP contribution in [0.25, 0.3) is 0 Å². The Morgan fingerprint density at radius 2 is 1.83 bits per heavy atom. The normalized spacial score (nSPS) is 13.6. The number of hydrogen-bond acceptors (Lipinski definition) is 3. The maximum atomic E-state index is 13.5. The number of halogens is 1. The molecule has 0 bridgehead atoms. The molecule has 5 nitrogen and oxygen atoms in total. The summed E-state index contributed by atoms with van der Waals surface area (Å²) in [6.45, 7) is 2.14. The predicted molar refractivity (Wildman–Crippen MR) is 115 cm³/mol. The molecule has 0 radical (unpaired) electrons. The van der Waals surface area contributed by atoms with Crippen molar-refractivity contribution < 1.29 is 17.6 Å². The Balaban J connectivity index is 1.65. The molecule has 7 heteroatoms. The third-order valence-electron chi connectivity index (χ3n) is 5.20. The van der Waals surface area contributed by atoms with E-state index >= 15 is 0 Å². The number of fused-ring (bicyclic) bond motifs is 1. The van der Waals surface area contributed by atoms with Gasteiger partial charge in [-0.3, -0.25) is 9.10 Å². The number of anilines is 2. The molecule has 1 aliphatic rings. The summed E-state index contributed by atoms with van der Waals surface area (Å²) < 4.78 is 41.6. The first kappa shape index (κ1) is 20.1. The van der Waals surface area contributed by atoms with E-state index in [4.69, 9.17) is 0 Å². The fourth-order valence-corrected chi connectivity index (χ4v) is 5.18. The van der Waals surface area contributed by atoms with E-state index < -0.39 is 21.7 Å². The van der Waals surface area contributed by atoms with Gasteiger partial charge in [-0.1, -0.05) is 30.3 Å². The first-order valence-corrected chi connectivity index (χ1v) is 11.1. The Morgan fingerprint density at radius 3 is 2.67 bits per heavy atom. The average molecular weight is 424 g/mol. The van der Waals surface area contributed by atoms with Crippen LogP contribution < -0.4 is 9.62 Å². The molecule has 0 fully saturated rings. The van der Waals surface area contributed by atoms with Crippen molar-refractivity contribution in [2.24, 2.45) is 0 Å². The number of hydrogen-bond donors (Lipinski definition) is 1. The Hall–Kier alpha value is -3.19. The fraction of sp³-hybridized carbons (Fsp3) is 0.174. The largest absolute Gasteiger partial charge is 0.322 e. The number of carbonyl (C=O) groups is 1. The standard InChI is InChI=1S/C23H21FN2O3S/c1-16-11-12-19(24)15-21(16)25-23(27)18-7-4-9-20(14-18)30(28,29)26-13-5-8-17-6-2-3-10-22(17)26/h2-4,6-7,9-12,14-15H,5,8,13H2,1H3,(H,25,27). The van der Waals surface area contributed by atoms with E-state index in [1.54, 1.807) is 19.1 Å². The lowest BCUT2D eigenvalue weighted by Crippen LogP contribution is -2.35. The Bertz CT molecular complexity index is 1220. The molecule has 0 spiro atoms. The van der Waals surface area contributed by atoms with Gasteiger partial charge in [0.1, 0.15) is 5.82 Å². The Kier molecular flexibility index (Phi) is 5.30. The Morgan fingerprint density at radius 1 is 1.03 bits per heavy atom. The van der Waals surface area contributed by atoms with E-state index in [1.807, 2.05) is 18.2 Å². The first-order chi connectivity index (χ1) is 14.4. The molecule has 0 saturated carbocycles. The van der Waals surface area contributed by atoms with E-state index in [0.717, 1.165) is 18.4 Å². The average Bonchev–Trinajstić information content (AvgIpc) is 2.76. The molecule has 30 heavy (non-hydrogen) atoms. The topological polar surface area (TPSA) is 66.5 Å². The number of carbonyl (C=O) groups excluding carboxylic acids is 1. The molecule has 0 aromatic heterocycles. The van der Waals surface area contributed by atoms with Crippen molar-refractivity contribution in [1.82, 2.24) is 0 Å². The van der Waals surface area contributed by atoms with Gasteiger partial charge in [-0.25, -0.2) is 12.8 Å². The molecule has 4 rings (SSSR count). The maximum absolute atomic E-state index is 13.5. The number of benzene rings is 3. The lowest BCUT2D eigenvalue weighted by molar-refractivity contribution is 0.102. The highest BCUT2D eigenvalue weighted by Crippen LogP contribution is 2.32. The van der Waals surface area contributed by atoms with Gasteiger partial charge in [0.2, 0.25) is 0 Å². The van der Waals surface area contributed by atoms with Gasteiger partial charge in [-0.05, 0) is 67.3 Å². The van der Waals surface area contributed by atoms with E-state index in [2.05, 4.69) is 5.32 Å². The summed E-state index contributed by atoms with van der Waals surface area (Å²) in [5, 5.41) is 2.65. The molecular formula is C23H21FN2O3S. The van der Waals surface area contributed by atoms with Crippen LogP contribution in [-0.2, 0) is 16.4 Å². The van der Waals surface area contributed by atoms with Crippen molar-refractivity contribution in [3.8, 4) is 0 Å². The quantitative estimate of drug-likeness (QED) is 0.669. The van der Waals surface area contributed by atoms with Crippen molar-refractivity contribution in [3.63, 3.8) is 0 Å². The van der Waals surface area contributed by atoms with Crippen LogP contribution in [0.1, 0.15) is 27.9 Å². The van der Waals surface area contributed by atoms with Crippen LogP contribution in [0.3, 0.4) is 0 Å². The first-order valence-electron chi connectivity index (χ1n) is 9.64. The number of nitrogens with one attached hydrogen (secondary N) is 1. The van der Waals surface area contributed by atoms with Gasteiger partial charge in [-0.2, -0.15) is 0 Å². The molecule has 0 aliphatic carbocycles. The van der Waals surface area contributed by atoms with E-state index in [-0.39, 0.29) is 10.5 Å².